The molecule has 2 aromatic carbocycles. The zero-order valence-electron chi connectivity index (χ0n) is 27.1. The summed E-state index contributed by atoms with van der Waals surface area (Å²) in [4.78, 5) is 23.0. The summed E-state index contributed by atoms with van der Waals surface area (Å²) in [6.45, 7) is 4.60. The van der Waals surface area contributed by atoms with Crippen molar-refractivity contribution in [1.82, 2.24) is 25.5 Å². The summed E-state index contributed by atoms with van der Waals surface area (Å²) in [6, 6.07) is 12.7. The van der Waals surface area contributed by atoms with Gasteiger partial charge in [-0.2, -0.15) is 0 Å². The smallest absolute Gasteiger partial charge is 0.221 e. The first-order valence-electron chi connectivity index (χ1n) is 15.9. The first-order chi connectivity index (χ1) is 23.2. The van der Waals surface area contributed by atoms with E-state index in [2.05, 4.69) is 31.6 Å². The van der Waals surface area contributed by atoms with Gasteiger partial charge in [0.25, 0.3) is 0 Å². The number of methoxy groups -OCH3 is 2. The van der Waals surface area contributed by atoms with Gasteiger partial charge in [0, 0.05) is 85.3 Å². The van der Waals surface area contributed by atoms with Crippen LogP contribution in [0.15, 0.2) is 48.7 Å². The summed E-state index contributed by atoms with van der Waals surface area (Å²) in [6.07, 6.45) is 3.32. The second kappa shape index (κ2) is 14.8. The topological polar surface area (TPSA) is 109 Å². The summed E-state index contributed by atoms with van der Waals surface area (Å²) < 4.78 is 26.8. The highest BCUT2D eigenvalue weighted by molar-refractivity contribution is 6.39. The van der Waals surface area contributed by atoms with E-state index in [9.17, 15) is 9.90 Å². The summed E-state index contributed by atoms with van der Waals surface area (Å²) in [5.74, 6) is 0.433. The van der Waals surface area contributed by atoms with Crippen LogP contribution in [0.2, 0.25) is 10.0 Å². The van der Waals surface area contributed by atoms with Gasteiger partial charge in [0.05, 0.1) is 47.3 Å². The van der Waals surface area contributed by atoms with E-state index in [1.807, 2.05) is 18.2 Å². The number of hydrogen-bond acceptors (Lipinski definition) is 8. The lowest BCUT2D eigenvalue weighted by molar-refractivity contribution is -0.119. The normalized spacial score (nSPS) is 16.8. The number of carbonyl (C=O) groups excluding carboxylic acids is 1. The molecule has 4 heterocycles. The average molecular weight is 695 g/mol. The summed E-state index contributed by atoms with van der Waals surface area (Å²) in [5, 5.41) is 16.8. The van der Waals surface area contributed by atoms with Crippen LogP contribution in [0.3, 0.4) is 0 Å². The quantitative estimate of drug-likeness (QED) is 0.174. The number of fused-ring (bicyclic) bond motifs is 1. The van der Waals surface area contributed by atoms with Gasteiger partial charge in [-0.25, -0.2) is 9.37 Å². The SMILES string of the molecule is COc1cc(-c2nccc(-c3cccc(-c4cc(F)c(CNC[C@H]5CCC(=O)N5)c(OC)n4)c3Cl)c2Cl)cc2c1CN(C[C@H](C)O)CC2. The molecule has 0 spiro atoms. The van der Waals surface area contributed by atoms with Crippen molar-refractivity contribution in [3.8, 4) is 45.3 Å². The molecule has 2 aliphatic rings. The number of aliphatic hydroxyl groups is 1. The Hall–Kier alpha value is -3.80. The Morgan fingerprint density at radius 3 is 2.62 bits per heavy atom. The third kappa shape index (κ3) is 7.13. The van der Waals surface area contributed by atoms with Gasteiger partial charge in [-0.3, -0.25) is 14.7 Å². The van der Waals surface area contributed by atoms with Crippen molar-refractivity contribution >= 4 is 29.1 Å². The number of nitrogens with one attached hydrogen (secondary N) is 2. The molecule has 2 atom stereocenters. The highest BCUT2D eigenvalue weighted by Gasteiger charge is 2.25. The lowest BCUT2D eigenvalue weighted by Gasteiger charge is -2.31. The molecule has 1 amide bonds. The van der Waals surface area contributed by atoms with Gasteiger partial charge < -0.3 is 25.2 Å². The van der Waals surface area contributed by atoms with Crippen molar-refractivity contribution in [2.75, 3.05) is 33.9 Å². The van der Waals surface area contributed by atoms with E-state index in [4.69, 9.17) is 32.7 Å². The minimum Gasteiger partial charge on any atom is -0.496 e. The summed E-state index contributed by atoms with van der Waals surface area (Å²) in [5.41, 5.74) is 6.09. The molecule has 0 radical (unpaired) electrons. The van der Waals surface area contributed by atoms with Crippen LogP contribution >= 0.6 is 23.2 Å². The van der Waals surface area contributed by atoms with Gasteiger partial charge in [-0.1, -0.05) is 41.4 Å². The van der Waals surface area contributed by atoms with Gasteiger partial charge >= 0.3 is 0 Å². The number of halogens is 3. The predicted molar refractivity (Wildman–Crippen MR) is 185 cm³/mol. The van der Waals surface area contributed by atoms with Crippen molar-refractivity contribution in [2.24, 2.45) is 0 Å². The fraction of sp³-hybridized carbons (Fsp3) is 0.361. The molecule has 12 heteroatoms. The first kappa shape index (κ1) is 34.1. The molecule has 9 nitrogen and oxygen atoms in total. The highest BCUT2D eigenvalue weighted by atomic mass is 35.5. The number of pyridine rings is 2. The average Bonchev–Trinajstić information content (AvgIpc) is 3.49. The number of aliphatic hydroxyl groups excluding tert-OH is 1. The van der Waals surface area contributed by atoms with Crippen LogP contribution in [0, 0.1) is 5.82 Å². The molecule has 0 unspecified atom stereocenters. The Labute approximate surface area is 289 Å². The fourth-order valence-electron chi connectivity index (χ4n) is 6.51. The lowest BCUT2D eigenvalue weighted by Crippen LogP contribution is -2.35. The molecule has 3 N–H and O–H groups in total. The molecular formula is C36H38Cl2FN5O4. The Balaban J connectivity index is 1.29. The molecule has 0 aliphatic carbocycles. The van der Waals surface area contributed by atoms with E-state index >= 15 is 4.39 Å². The van der Waals surface area contributed by atoms with Crippen LogP contribution in [0.25, 0.3) is 33.6 Å². The van der Waals surface area contributed by atoms with Gasteiger partial charge in [-0.05, 0) is 43.5 Å². The molecular weight excluding hydrogens is 656 g/mol. The molecule has 2 aliphatic heterocycles. The second-order valence-electron chi connectivity index (χ2n) is 12.2. The number of benzene rings is 2. The molecule has 2 aromatic heterocycles. The van der Waals surface area contributed by atoms with Crippen molar-refractivity contribution < 1.29 is 23.8 Å². The standard InChI is InChI=1S/C36H38Cl2FN5O4/c1-20(45)18-44-12-10-21-13-22(14-31(47-2)28(21)19-44)35-34(38)25(9-11-41-35)24-5-4-6-26(33(24)37)30-15-29(39)27(36(43-30)48-3)17-40-16-23-7-8-32(46)42-23/h4-6,9,11,13-15,20,23,40,45H,7-8,10,12,16-19H2,1-3H3,(H,42,46)/t20-,23+/m0/s1. The van der Waals surface area contributed by atoms with Crippen LogP contribution in [0.4, 0.5) is 4.39 Å². The van der Waals surface area contributed by atoms with Crippen molar-refractivity contribution in [3.05, 3.63) is 81.2 Å². The van der Waals surface area contributed by atoms with Gasteiger partial charge in [-0.15, -0.1) is 0 Å². The molecule has 48 heavy (non-hydrogen) atoms. The van der Waals surface area contributed by atoms with Crippen LogP contribution in [0.5, 0.6) is 11.6 Å². The number of β-amino-alcohol motifs (C(OH)–C–C–N with tert-alkyl or cyclic N) is 1. The van der Waals surface area contributed by atoms with Crippen LogP contribution in [0.1, 0.15) is 36.5 Å². The largest absolute Gasteiger partial charge is 0.496 e. The zero-order valence-corrected chi connectivity index (χ0v) is 28.6. The summed E-state index contributed by atoms with van der Waals surface area (Å²) >= 11 is 14.1. The van der Waals surface area contributed by atoms with Crippen molar-refractivity contribution in [3.63, 3.8) is 0 Å². The van der Waals surface area contributed by atoms with E-state index in [1.54, 1.807) is 32.4 Å². The first-order valence-corrected chi connectivity index (χ1v) is 16.7. The van der Waals surface area contributed by atoms with Crippen LogP contribution in [-0.4, -0.2) is 71.9 Å². The number of amides is 1. The number of hydrogen-bond donors (Lipinski definition) is 3. The molecule has 6 rings (SSSR count). The van der Waals surface area contributed by atoms with E-state index in [1.165, 1.54) is 13.2 Å². The third-order valence-electron chi connectivity index (χ3n) is 8.85. The van der Waals surface area contributed by atoms with Crippen molar-refractivity contribution in [1.29, 1.82) is 0 Å². The molecule has 0 saturated carbocycles. The van der Waals surface area contributed by atoms with E-state index in [-0.39, 0.29) is 29.9 Å². The predicted octanol–water partition coefficient (Wildman–Crippen LogP) is 6.05. The maximum Gasteiger partial charge on any atom is 0.221 e. The lowest BCUT2D eigenvalue weighted by atomic mass is 9.93. The molecule has 0 bridgehead atoms. The zero-order chi connectivity index (χ0) is 33.9. The molecule has 1 fully saturated rings. The maximum atomic E-state index is 15.5. The van der Waals surface area contributed by atoms with E-state index < -0.39 is 11.9 Å². The minimum atomic E-state index is -0.485. The number of rotatable bonds is 11. The van der Waals surface area contributed by atoms with Gasteiger partial charge in [0.15, 0.2) is 0 Å². The number of aromatic nitrogens is 2. The minimum absolute atomic E-state index is 0.0162. The van der Waals surface area contributed by atoms with E-state index in [0.29, 0.717) is 64.2 Å². The number of ether oxygens (including phenoxy) is 2. The monoisotopic (exact) mass is 693 g/mol. The third-order valence-corrected chi connectivity index (χ3v) is 9.64. The fourth-order valence-corrected chi connectivity index (χ4v) is 7.16. The highest BCUT2D eigenvalue weighted by Crippen LogP contribution is 2.43. The second-order valence-corrected chi connectivity index (χ2v) is 13.0. The van der Waals surface area contributed by atoms with Gasteiger partial charge in [0.1, 0.15) is 11.6 Å². The number of carbonyl (C=O) groups is 1. The molecule has 252 valence electrons. The maximum absolute atomic E-state index is 15.5. The Kier molecular flexibility index (Phi) is 10.5. The number of nitrogens with zero attached hydrogens (tertiary/aromatic N) is 3. The molecule has 1 saturated heterocycles. The Morgan fingerprint density at radius 2 is 1.90 bits per heavy atom. The Bertz CT molecular complexity index is 1820. The summed E-state index contributed by atoms with van der Waals surface area (Å²) in [7, 11) is 3.10. The van der Waals surface area contributed by atoms with E-state index in [0.717, 1.165) is 41.8 Å². The van der Waals surface area contributed by atoms with Crippen LogP contribution in [-0.2, 0) is 24.3 Å². The van der Waals surface area contributed by atoms with Crippen molar-refractivity contribution in [2.45, 2.75) is 51.4 Å². The molecule has 4 aromatic rings. The van der Waals surface area contributed by atoms with Gasteiger partial charge in [0.2, 0.25) is 11.8 Å². The Morgan fingerprint density at radius 1 is 1.10 bits per heavy atom. The van der Waals surface area contributed by atoms with Crippen LogP contribution < -0.4 is 20.1 Å².